The van der Waals surface area contributed by atoms with Crippen LogP contribution in [0.4, 0.5) is 19.1 Å². The highest BCUT2D eigenvalue weighted by molar-refractivity contribution is 7.89. The SMILES string of the molecule is CN(CC(F)(F)F)S(=O)(=O)c1cnc(NN)nc1. The van der Waals surface area contributed by atoms with Crippen LogP contribution < -0.4 is 11.3 Å². The molecule has 0 aliphatic carbocycles. The molecule has 0 amide bonds. The Hall–Kier alpha value is -1.46. The number of hydrogen-bond donors (Lipinski definition) is 2. The van der Waals surface area contributed by atoms with Crippen LogP contribution in [0.1, 0.15) is 0 Å². The highest BCUT2D eigenvalue weighted by Gasteiger charge is 2.35. The van der Waals surface area contributed by atoms with Gasteiger partial charge in [-0.3, -0.25) is 5.43 Å². The predicted octanol–water partition coefficient (Wildman–Crippen LogP) is -0.0550. The maximum Gasteiger partial charge on any atom is 0.402 e. The Kier molecular flexibility index (Phi) is 4.09. The Bertz CT molecular complexity index is 501. The summed E-state index contributed by atoms with van der Waals surface area (Å²) in [5, 5.41) is 0. The van der Waals surface area contributed by atoms with Gasteiger partial charge in [0.1, 0.15) is 11.4 Å². The normalized spacial score (nSPS) is 12.8. The molecule has 0 unspecified atom stereocenters. The number of halogens is 3. The molecule has 11 heteroatoms. The maximum absolute atomic E-state index is 12.1. The third-order valence-corrected chi connectivity index (χ3v) is 3.62. The fourth-order valence-corrected chi connectivity index (χ4v) is 2.09. The molecule has 1 aromatic rings. The highest BCUT2D eigenvalue weighted by atomic mass is 32.2. The number of nitrogen functional groups attached to an aromatic ring is 1. The van der Waals surface area contributed by atoms with Crippen molar-refractivity contribution in [2.45, 2.75) is 11.1 Å². The molecule has 0 bridgehead atoms. The standard InChI is InChI=1S/C7H10F3N5O2S/c1-15(4-7(8,9)10)18(16,17)5-2-12-6(14-11)13-3-5/h2-3H,4,11H2,1H3,(H,12,13,14). The molecule has 0 spiro atoms. The van der Waals surface area contributed by atoms with E-state index in [4.69, 9.17) is 5.84 Å². The van der Waals surface area contributed by atoms with Crippen molar-refractivity contribution in [1.29, 1.82) is 0 Å². The maximum atomic E-state index is 12.1. The lowest BCUT2D eigenvalue weighted by atomic mass is 10.6. The van der Waals surface area contributed by atoms with E-state index >= 15 is 0 Å². The third kappa shape index (κ3) is 3.51. The second-order valence-corrected chi connectivity index (χ2v) is 5.31. The first-order chi connectivity index (χ1) is 8.16. The predicted molar refractivity (Wildman–Crippen MR) is 55.7 cm³/mol. The first-order valence-electron chi connectivity index (χ1n) is 4.48. The van der Waals surface area contributed by atoms with E-state index in [2.05, 4.69) is 15.4 Å². The quantitative estimate of drug-likeness (QED) is 0.594. The molecule has 3 N–H and O–H groups in total. The minimum Gasteiger partial charge on any atom is -0.292 e. The second-order valence-electron chi connectivity index (χ2n) is 3.26. The zero-order valence-electron chi connectivity index (χ0n) is 9.14. The highest BCUT2D eigenvalue weighted by Crippen LogP contribution is 2.20. The van der Waals surface area contributed by atoms with Crippen molar-refractivity contribution in [3.63, 3.8) is 0 Å². The van der Waals surface area contributed by atoms with Gasteiger partial charge in [-0.05, 0) is 0 Å². The van der Waals surface area contributed by atoms with Crippen molar-refractivity contribution in [3.05, 3.63) is 12.4 Å². The van der Waals surface area contributed by atoms with E-state index < -0.39 is 27.6 Å². The fourth-order valence-electron chi connectivity index (χ4n) is 1.04. The van der Waals surface area contributed by atoms with Gasteiger partial charge in [-0.2, -0.15) is 17.5 Å². The van der Waals surface area contributed by atoms with Crippen molar-refractivity contribution >= 4 is 16.0 Å². The van der Waals surface area contributed by atoms with Crippen LogP contribution in [-0.4, -0.2) is 42.5 Å². The fraction of sp³-hybridized carbons (Fsp3) is 0.429. The summed E-state index contributed by atoms with van der Waals surface area (Å²) < 4.78 is 59.9. The zero-order chi connectivity index (χ0) is 14.0. The molecule has 7 nitrogen and oxygen atoms in total. The molecule has 0 aromatic carbocycles. The average molecular weight is 285 g/mol. The van der Waals surface area contributed by atoms with Gasteiger partial charge in [0.05, 0.1) is 12.4 Å². The molecule has 18 heavy (non-hydrogen) atoms. The number of nitrogens with one attached hydrogen (secondary N) is 1. The van der Waals surface area contributed by atoms with Gasteiger partial charge in [0.25, 0.3) is 0 Å². The molecular weight excluding hydrogens is 275 g/mol. The Labute approximate surface area is 101 Å². The van der Waals surface area contributed by atoms with Crippen molar-refractivity contribution < 1.29 is 21.6 Å². The van der Waals surface area contributed by atoms with Crippen molar-refractivity contribution in [2.24, 2.45) is 5.84 Å². The summed E-state index contributed by atoms with van der Waals surface area (Å²) >= 11 is 0. The first kappa shape index (κ1) is 14.6. The number of aromatic nitrogens is 2. The molecule has 0 aliphatic rings. The Morgan fingerprint density at radius 2 is 1.89 bits per heavy atom. The van der Waals surface area contributed by atoms with E-state index in [-0.39, 0.29) is 10.3 Å². The van der Waals surface area contributed by atoms with E-state index in [1.54, 1.807) is 0 Å². The third-order valence-electron chi connectivity index (χ3n) is 1.87. The molecule has 0 radical (unpaired) electrons. The van der Waals surface area contributed by atoms with E-state index in [9.17, 15) is 21.6 Å². The lowest BCUT2D eigenvalue weighted by Gasteiger charge is -2.18. The van der Waals surface area contributed by atoms with Crippen molar-refractivity contribution in [1.82, 2.24) is 14.3 Å². The lowest BCUT2D eigenvalue weighted by molar-refractivity contribution is -0.134. The topological polar surface area (TPSA) is 101 Å². The summed E-state index contributed by atoms with van der Waals surface area (Å²) in [6.45, 7) is -1.59. The summed E-state index contributed by atoms with van der Waals surface area (Å²) in [6.07, 6.45) is -2.89. The summed E-state index contributed by atoms with van der Waals surface area (Å²) in [5.41, 5.74) is 2.06. The first-order valence-corrected chi connectivity index (χ1v) is 5.92. The molecule has 0 atom stereocenters. The zero-order valence-corrected chi connectivity index (χ0v) is 9.96. The van der Waals surface area contributed by atoms with Crippen LogP contribution in [0.2, 0.25) is 0 Å². The van der Waals surface area contributed by atoms with Crippen LogP contribution in [0.25, 0.3) is 0 Å². The molecule has 0 saturated heterocycles. The number of nitrogens with zero attached hydrogens (tertiary/aromatic N) is 3. The lowest BCUT2D eigenvalue weighted by Crippen LogP contribution is -2.36. The summed E-state index contributed by atoms with van der Waals surface area (Å²) in [7, 11) is -3.46. The van der Waals surface area contributed by atoms with Gasteiger partial charge >= 0.3 is 6.18 Å². The van der Waals surface area contributed by atoms with E-state index in [1.807, 2.05) is 0 Å². The number of sulfonamides is 1. The molecule has 1 heterocycles. The molecule has 102 valence electrons. The van der Waals surface area contributed by atoms with Crippen LogP contribution >= 0.6 is 0 Å². The van der Waals surface area contributed by atoms with Crippen molar-refractivity contribution in [2.75, 3.05) is 19.0 Å². The minimum atomic E-state index is -4.62. The molecule has 1 aromatic heterocycles. The van der Waals surface area contributed by atoms with Crippen LogP contribution in [0.15, 0.2) is 17.3 Å². The molecule has 0 aliphatic heterocycles. The van der Waals surface area contributed by atoms with Gasteiger partial charge in [-0.25, -0.2) is 24.2 Å². The number of alkyl halides is 3. The van der Waals surface area contributed by atoms with Crippen LogP contribution in [0.5, 0.6) is 0 Å². The van der Waals surface area contributed by atoms with Gasteiger partial charge in [0.2, 0.25) is 16.0 Å². The molecule has 0 fully saturated rings. The summed E-state index contributed by atoms with van der Waals surface area (Å²) in [5.74, 6) is 4.92. The number of rotatable bonds is 4. The average Bonchev–Trinajstić information content (AvgIpc) is 2.27. The Balaban J connectivity index is 2.98. The van der Waals surface area contributed by atoms with Gasteiger partial charge in [-0.15, -0.1) is 0 Å². The van der Waals surface area contributed by atoms with Crippen molar-refractivity contribution in [3.8, 4) is 0 Å². The number of hydrogen-bond acceptors (Lipinski definition) is 6. The summed E-state index contributed by atoms with van der Waals surface area (Å²) in [4.78, 5) is 6.57. The molecular formula is C7H10F3N5O2S. The van der Waals surface area contributed by atoms with Gasteiger partial charge in [0, 0.05) is 7.05 Å². The van der Waals surface area contributed by atoms with E-state index in [0.29, 0.717) is 0 Å². The van der Waals surface area contributed by atoms with Crippen LogP contribution in [0.3, 0.4) is 0 Å². The Morgan fingerprint density at radius 1 is 1.39 bits per heavy atom. The van der Waals surface area contributed by atoms with Gasteiger partial charge in [0.15, 0.2) is 0 Å². The number of anilines is 1. The monoisotopic (exact) mass is 285 g/mol. The van der Waals surface area contributed by atoms with Gasteiger partial charge in [-0.1, -0.05) is 0 Å². The number of nitrogens with two attached hydrogens (primary N) is 1. The number of hydrazine groups is 1. The summed E-state index contributed by atoms with van der Waals surface area (Å²) in [6, 6.07) is 0. The van der Waals surface area contributed by atoms with E-state index in [0.717, 1.165) is 19.4 Å². The molecule has 1 rings (SSSR count). The largest absolute Gasteiger partial charge is 0.402 e. The van der Waals surface area contributed by atoms with Crippen LogP contribution in [-0.2, 0) is 10.0 Å². The Morgan fingerprint density at radius 3 is 2.28 bits per heavy atom. The van der Waals surface area contributed by atoms with Gasteiger partial charge < -0.3 is 0 Å². The minimum absolute atomic E-state index is 0.0487. The molecule has 0 saturated carbocycles. The van der Waals surface area contributed by atoms with Crippen LogP contribution in [0, 0.1) is 0 Å². The second kappa shape index (κ2) is 5.04. The smallest absolute Gasteiger partial charge is 0.292 e. The van der Waals surface area contributed by atoms with E-state index in [1.165, 1.54) is 0 Å².